The molecule has 0 spiro atoms. The third-order valence-corrected chi connectivity index (χ3v) is 3.21. The van der Waals surface area contributed by atoms with Gasteiger partial charge in [-0.15, -0.1) is 0 Å². The van der Waals surface area contributed by atoms with Gasteiger partial charge in [-0.05, 0) is 12.5 Å². The third kappa shape index (κ3) is 5.72. The molecule has 0 radical (unpaired) electrons. The lowest BCUT2D eigenvalue weighted by molar-refractivity contribution is -0.145. The average Bonchev–Trinajstić information content (AvgIpc) is 2.39. The molecule has 0 saturated carbocycles. The zero-order valence-corrected chi connectivity index (χ0v) is 12.6. The highest BCUT2D eigenvalue weighted by molar-refractivity contribution is 5.69. The van der Waals surface area contributed by atoms with Crippen molar-refractivity contribution in [2.24, 2.45) is 0 Å². The van der Waals surface area contributed by atoms with Gasteiger partial charge in [-0.2, -0.15) is 0 Å². The Bertz CT molecular complexity index is 403. The Labute approximate surface area is 121 Å². The van der Waals surface area contributed by atoms with Crippen molar-refractivity contribution >= 4 is 5.97 Å². The van der Waals surface area contributed by atoms with Gasteiger partial charge in [0, 0.05) is 18.5 Å². The Kier molecular flexibility index (Phi) is 6.68. The fourth-order valence-corrected chi connectivity index (χ4v) is 2.03. The molecular weight excluding hydrogens is 254 g/mol. The molecule has 1 rings (SSSR count). The van der Waals surface area contributed by atoms with Crippen LogP contribution in [-0.4, -0.2) is 36.9 Å². The lowest BCUT2D eigenvalue weighted by atomic mass is 9.84. The van der Waals surface area contributed by atoms with Gasteiger partial charge in [0.2, 0.25) is 0 Å². The van der Waals surface area contributed by atoms with Crippen molar-refractivity contribution < 1.29 is 14.6 Å². The van der Waals surface area contributed by atoms with Gasteiger partial charge in [-0.3, -0.25) is 4.79 Å². The molecule has 2 N–H and O–H groups in total. The molecule has 0 aliphatic heterocycles. The summed E-state index contributed by atoms with van der Waals surface area (Å²) in [6, 6.07) is 10.2. The number of hydrogen-bond donors (Lipinski definition) is 2. The van der Waals surface area contributed by atoms with E-state index in [1.54, 1.807) is 6.92 Å². The van der Waals surface area contributed by atoms with Crippen LogP contribution in [0.4, 0.5) is 0 Å². The van der Waals surface area contributed by atoms with E-state index in [0.29, 0.717) is 13.2 Å². The molecule has 112 valence electrons. The third-order valence-electron chi connectivity index (χ3n) is 3.21. The lowest BCUT2D eigenvalue weighted by Gasteiger charge is -2.26. The molecule has 1 aromatic carbocycles. The highest BCUT2D eigenvalue weighted by Crippen LogP contribution is 2.21. The van der Waals surface area contributed by atoms with Crippen LogP contribution < -0.4 is 5.32 Å². The van der Waals surface area contributed by atoms with E-state index in [1.165, 1.54) is 5.56 Å². The number of aliphatic hydroxyl groups is 1. The predicted molar refractivity (Wildman–Crippen MR) is 79.6 cm³/mol. The van der Waals surface area contributed by atoms with Crippen LogP contribution in [0.2, 0.25) is 0 Å². The fraction of sp³-hybridized carbons (Fsp3) is 0.562. The first kappa shape index (κ1) is 16.7. The monoisotopic (exact) mass is 279 g/mol. The minimum absolute atomic E-state index is 0.0229. The van der Waals surface area contributed by atoms with Gasteiger partial charge < -0.3 is 15.2 Å². The van der Waals surface area contributed by atoms with E-state index in [1.807, 2.05) is 18.2 Å². The molecule has 0 aliphatic rings. The Hall–Kier alpha value is -1.39. The summed E-state index contributed by atoms with van der Waals surface area (Å²) in [7, 11) is 0. The molecule has 1 aromatic rings. The number of esters is 1. The molecule has 0 amide bonds. The van der Waals surface area contributed by atoms with Gasteiger partial charge in [-0.1, -0.05) is 44.2 Å². The van der Waals surface area contributed by atoms with Crippen LogP contribution in [0.1, 0.15) is 32.8 Å². The summed E-state index contributed by atoms with van der Waals surface area (Å²) < 4.78 is 4.80. The quantitative estimate of drug-likeness (QED) is 0.713. The number of nitrogens with one attached hydrogen (secondary N) is 1. The molecule has 0 saturated heterocycles. The second kappa shape index (κ2) is 8.02. The highest BCUT2D eigenvalue weighted by atomic mass is 16.5. The number of aliphatic hydroxyl groups excluding tert-OH is 1. The fourth-order valence-electron chi connectivity index (χ4n) is 2.03. The van der Waals surface area contributed by atoms with Gasteiger partial charge in [0.15, 0.2) is 0 Å². The van der Waals surface area contributed by atoms with Crippen LogP contribution >= 0.6 is 0 Å². The van der Waals surface area contributed by atoms with E-state index in [2.05, 4.69) is 31.3 Å². The van der Waals surface area contributed by atoms with Gasteiger partial charge in [0.05, 0.1) is 19.1 Å². The summed E-state index contributed by atoms with van der Waals surface area (Å²) in [4.78, 5) is 11.2. The van der Waals surface area contributed by atoms with Crippen LogP contribution in [0.5, 0.6) is 0 Å². The summed E-state index contributed by atoms with van der Waals surface area (Å²) in [6.07, 6.45) is -0.673. The lowest BCUT2D eigenvalue weighted by Crippen LogP contribution is -2.37. The molecule has 4 nitrogen and oxygen atoms in total. The van der Waals surface area contributed by atoms with E-state index in [9.17, 15) is 9.90 Å². The second-order valence-electron chi connectivity index (χ2n) is 5.54. The van der Waals surface area contributed by atoms with Crippen molar-refractivity contribution in [3.8, 4) is 0 Å². The van der Waals surface area contributed by atoms with E-state index in [-0.39, 0.29) is 17.8 Å². The van der Waals surface area contributed by atoms with Gasteiger partial charge in [0.25, 0.3) is 0 Å². The summed E-state index contributed by atoms with van der Waals surface area (Å²) in [5.41, 5.74) is 1.22. The number of rotatable bonds is 8. The molecule has 0 fully saturated rings. The molecule has 1 unspecified atom stereocenters. The van der Waals surface area contributed by atoms with Crippen LogP contribution in [0, 0.1) is 0 Å². The Morgan fingerprint density at radius 1 is 1.35 bits per heavy atom. The van der Waals surface area contributed by atoms with Crippen molar-refractivity contribution in [3.63, 3.8) is 0 Å². The zero-order valence-electron chi connectivity index (χ0n) is 12.6. The van der Waals surface area contributed by atoms with Crippen LogP contribution in [-0.2, 0) is 14.9 Å². The van der Waals surface area contributed by atoms with Gasteiger partial charge in [-0.25, -0.2) is 0 Å². The van der Waals surface area contributed by atoms with E-state index in [4.69, 9.17) is 4.74 Å². The topological polar surface area (TPSA) is 58.6 Å². The molecule has 20 heavy (non-hydrogen) atoms. The normalized spacial score (nSPS) is 13.0. The number of ether oxygens (including phenoxy) is 1. The smallest absolute Gasteiger partial charge is 0.308 e. The Balaban J connectivity index is 2.34. The molecule has 4 heteroatoms. The second-order valence-corrected chi connectivity index (χ2v) is 5.54. The first-order chi connectivity index (χ1) is 9.45. The maximum absolute atomic E-state index is 11.2. The zero-order chi connectivity index (χ0) is 15.0. The van der Waals surface area contributed by atoms with Crippen LogP contribution in [0.15, 0.2) is 30.3 Å². The highest BCUT2D eigenvalue weighted by Gasteiger charge is 2.20. The van der Waals surface area contributed by atoms with E-state index < -0.39 is 6.10 Å². The average molecular weight is 279 g/mol. The number of carbonyl (C=O) groups excluding carboxylic acids is 1. The van der Waals surface area contributed by atoms with Crippen molar-refractivity contribution in [1.29, 1.82) is 0 Å². The molecule has 0 heterocycles. The van der Waals surface area contributed by atoms with Crippen molar-refractivity contribution in [1.82, 2.24) is 5.32 Å². The summed E-state index contributed by atoms with van der Waals surface area (Å²) in [5, 5.41) is 13.0. The summed E-state index contributed by atoms with van der Waals surface area (Å²) >= 11 is 0. The molecule has 0 aliphatic carbocycles. The maximum atomic E-state index is 11.2. The van der Waals surface area contributed by atoms with Crippen LogP contribution in [0.3, 0.4) is 0 Å². The summed E-state index contributed by atoms with van der Waals surface area (Å²) in [6.45, 7) is 7.51. The Morgan fingerprint density at radius 2 is 2.00 bits per heavy atom. The molecule has 0 bridgehead atoms. The molecular formula is C16H25NO3. The summed E-state index contributed by atoms with van der Waals surface area (Å²) in [5.74, 6) is -0.357. The predicted octanol–water partition coefficient (Wildman–Crippen LogP) is 1.87. The van der Waals surface area contributed by atoms with E-state index >= 15 is 0 Å². The first-order valence-corrected chi connectivity index (χ1v) is 7.05. The SMILES string of the molecule is CCOC(=O)CC(O)CNCC(C)(C)c1ccccc1. The van der Waals surface area contributed by atoms with Gasteiger partial charge in [0.1, 0.15) is 0 Å². The number of hydrogen-bond acceptors (Lipinski definition) is 4. The molecule has 0 aromatic heterocycles. The minimum atomic E-state index is -0.708. The number of carbonyl (C=O) groups is 1. The van der Waals surface area contributed by atoms with Crippen molar-refractivity contribution in [2.75, 3.05) is 19.7 Å². The Morgan fingerprint density at radius 3 is 2.60 bits per heavy atom. The standard InChI is InChI=1S/C16H25NO3/c1-4-20-15(19)10-14(18)11-17-12-16(2,3)13-8-6-5-7-9-13/h5-9,14,17-18H,4,10-12H2,1-3H3. The van der Waals surface area contributed by atoms with E-state index in [0.717, 1.165) is 6.54 Å². The van der Waals surface area contributed by atoms with Gasteiger partial charge >= 0.3 is 5.97 Å². The molecule has 1 atom stereocenters. The maximum Gasteiger partial charge on any atom is 0.308 e. The van der Waals surface area contributed by atoms with Crippen molar-refractivity contribution in [2.45, 2.75) is 38.7 Å². The largest absolute Gasteiger partial charge is 0.466 e. The van der Waals surface area contributed by atoms with Crippen molar-refractivity contribution in [3.05, 3.63) is 35.9 Å². The number of benzene rings is 1. The first-order valence-electron chi connectivity index (χ1n) is 7.05. The minimum Gasteiger partial charge on any atom is -0.466 e. The van der Waals surface area contributed by atoms with Crippen LogP contribution in [0.25, 0.3) is 0 Å².